The van der Waals surface area contributed by atoms with Gasteiger partial charge in [-0.15, -0.1) is 22.6 Å². The zero-order valence-corrected chi connectivity index (χ0v) is 16.6. The van der Waals surface area contributed by atoms with Gasteiger partial charge in [-0.25, -0.2) is 0 Å². The number of nitrogens with two attached hydrogens (primary N) is 1. The Hall–Kier alpha value is -1.64. The van der Waals surface area contributed by atoms with Gasteiger partial charge in [-0.2, -0.15) is 13.2 Å². The van der Waals surface area contributed by atoms with Crippen molar-refractivity contribution in [3.63, 3.8) is 0 Å². The summed E-state index contributed by atoms with van der Waals surface area (Å²) in [5, 5.41) is 7.17. The molecule has 4 rings (SSSR count). The fraction of sp³-hybridized carbons (Fsp3) is 0.579. The highest BCUT2D eigenvalue weighted by Gasteiger charge is 2.44. The molecule has 5 nitrogen and oxygen atoms in total. The number of hydrogen-bond acceptors (Lipinski definition) is 4. The Balaban J connectivity index is 0.00000225. The fourth-order valence-corrected chi connectivity index (χ4v) is 4.65. The second-order valence-corrected chi connectivity index (χ2v) is 7.81. The molecule has 1 aromatic heterocycles. The van der Waals surface area contributed by atoms with E-state index >= 15 is 0 Å². The maximum absolute atomic E-state index is 13.0. The molecule has 1 saturated carbocycles. The number of alkyl halides is 3. The molecule has 0 amide bonds. The molecule has 2 heterocycles. The van der Waals surface area contributed by atoms with Crippen LogP contribution in [0.2, 0.25) is 0 Å². The normalized spacial score (nSPS) is 25.4. The monoisotopic (exact) mass is 415 g/mol. The summed E-state index contributed by atoms with van der Waals surface area (Å²) in [5.74, 6) is -0.492. The maximum atomic E-state index is 13.0. The molecule has 0 spiro atoms. The van der Waals surface area contributed by atoms with E-state index in [0.29, 0.717) is 31.5 Å². The number of benzene rings is 1. The predicted octanol–water partition coefficient (Wildman–Crippen LogP) is 3.29. The quantitative estimate of drug-likeness (QED) is 0.835. The lowest BCUT2D eigenvalue weighted by molar-refractivity contribution is -0.148. The summed E-state index contributed by atoms with van der Waals surface area (Å²) in [6.45, 7) is 3.91. The number of aryl methyl sites for hydroxylation is 1. The zero-order valence-electron chi connectivity index (χ0n) is 15.7. The molecule has 28 heavy (non-hydrogen) atoms. The summed E-state index contributed by atoms with van der Waals surface area (Å²) in [4.78, 5) is 2.25. The van der Waals surface area contributed by atoms with Crippen LogP contribution in [-0.4, -0.2) is 38.8 Å². The molecule has 0 radical (unpaired) electrons. The van der Waals surface area contributed by atoms with Crippen LogP contribution in [0.25, 0.3) is 0 Å². The third-order valence-electron chi connectivity index (χ3n) is 6.16. The molecule has 1 aliphatic carbocycles. The Morgan fingerprint density at radius 3 is 2.71 bits per heavy atom. The van der Waals surface area contributed by atoms with Crippen molar-refractivity contribution in [2.24, 2.45) is 5.73 Å². The van der Waals surface area contributed by atoms with Crippen LogP contribution in [0.15, 0.2) is 24.3 Å². The topological polar surface area (TPSA) is 60.0 Å². The average molecular weight is 416 g/mol. The molecule has 1 aliphatic heterocycles. The molecular weight excluding hydrogens is 391 g/mol. The van der Waals surface area contributed by atoms with Crippen LogP contribution in [0, 0.1) is 6.92 Å². The van der Waals surface area contributed by atoms with Crippen molar-refractivity contribution < 1.29 is 13.2 Å². The average Bonchev–Trinajstić information content (AvgIpc) is 3.26. The SMILES string of the molecule is Cc1cccc(C2(CN)CCC(N3CCn4c(nnc4C(F)(F)F)C3)C2)c1.Cl. The summed E-state index contributed by atoms with van der Waals surface area (Å²) >= 11 is 0. The number of halogens is 4. The van der Waals surface area contributed by atoms with Crippen molar-refractivity contribution in [1.82, 2.24) is 19.7 Å². The minimum absolute atomic E-state index is 0. The van der Waals surface area contributed by atoms with Gasteiger partial charge in [0.05, 0.1) is 6.54 Å². The molecule has 0 bridgehead atoms. The van der Waals surface area contributed by atoms with Crippen LogP contribution in [0.1, 0.15) is 42.0 Å². The van der Waals surface area contributed by atoms with Crippen molar-refractivity contribution in [3.8, 4) is 0 Å². The lowest BCUT2D eigenvalue weighted by Gasteiger charge is -2.35. The summed E-state index contributed by atoms with van der Waals surface area (Å²) in [5.41, 5.74) is 8.63. The Kier molecular flexibility index (Phi) is 5.76. The highest BCUT2D eigenvalue weighted by atomic mass is 35.5. The Morgan fingerprint density at radius 2 is 2.04 bits per heavy atom. The van der Waals surface area contributed by atoms with E-state index < -0.39 is 12.0 Å². The molecule has 2 aliphatic rings. The molecule has 2 unspecified atom stereocenters. The maximum Gasteiger partial charge on any atom is 0.451 e. The molecule has 2 aromatic rings. The molecule has 2 atom stereocenters. The summed E-state index contributed by atoms with van der Waals surface area (Å²) in [6.07, 6.45) is -1.55. The van der Waals surface area contributed by atoms with Crippen LogP contribution in [-0.2, 0) is 24.7 Å². The largest absolute Gasteiger partial charge is 0.451 e. The van der Waals surface area contributed by atoms with Gasteiger partial charge in [-0.05, 0) is 31.7 Å². The molecule has 154 valence electrons. The van der Waals surface area contributed by atoms with E-state index in [9.17, 15) is 13.2 Å². The van der Waals surface area contributed by atoms with E-state index in [1.54, 1.807) is 0 Å². The predicted molar refractivity (Wildman–Crippen MR) is 102 cm³/mol. The summed E-state index contributed by atoms with van der Waals surface area (Å²) in [6, 6.07) is 8.80. The molecule has 1 aromatic carbocycles. The van der Waals surface area contributed by atoms with Crippen molar-refractivity contribution in [1.29, 1.82) is 0 Å². The smallest absolute Gasteiger partial charge is 0.330 e. The van der Waals surface area contributed by atoms with Gasteiger partial charge in [0.2, 0.25) is 5.82 Å². The Bertz CT molecular complexity index is 837. The lowest BCUT2D eigenvalue weighted by Crippen LogP contribution is -2.42. The number of fused-ring (bicyclic) bond motifs is 1. The van der Waals surface area contributed by atoms with Gasteiger partial charge in [-0.1, -0.05) is 29.8 Å². The Morgan fingerprint density at radius 1 is 1.25 bits per heavy atom. The molecule has 0 saturated heterocycles. The van der Waals surface area contributed by atoms with E-state index in [4.69, 9.17) is 5.73 Å². The van der Waals surface area contributed by atoms with Gasteiger partial charge < -0.3 is 10.3 Å². The van der Waals surface area contributed by atoms with Crippen LogP contribution in [0.4, 0.5) is 13.2 Å². The van der Waals surface area contributed by atoms with Gasteiger partial charge in [0.15, 0.2) is 0 Å². The van der Waals surface area contributed by atoms with Gasteiger partial charge in [0, 0.05) is 31.1 Å². The van der Waals surface area contributed by atoms with Crippen LogP contribution in [0.5, 0.6) is 0 Å². The summed E-state index contributed by atoms with van der Waals surface area (Å²) in [7, 11) is 0. The van der Waals surface area contributed by atoms with Crippen LogP contribution >= 0.6 is 12.4 Å². The Labute approximate surface area is 168 Å². The number of aromatic nitrogens is 3. The van der Waals surface area contributed by atoms with E-state index in [2.05, 4.69) is 46.3 Å². The minimum atomic E-state index is -4.46. The number of nitrogens with zero attached hydrogens (tertiary/aromatic N) is 4. The third kappa shape index (κ3) is 3.65. The highest BCUT2D eigenvalue weighted by Crippen LogP contribution is 2.43. The first-order valence-corrected chi connectivity index (χ1v) is 9.33. The lowest BCUT2D eigenvalue weighted by atomic mass is 9.78. The van der Waals surface area contributed by atoms with E-state index in [1.807, 2.05) is 0 Å². The molecular formula is C19H25ClF3N5. The zero-order chi connectivity index (χ0) is 19.2. The fourth-order valence-electron chi connectivity index (χ4n) is 4.65. The van der Waals surface area contributed by atoms with Crippen LogP contribution < -0.4 is 5.73 Å². The first-order valence-electron chi connectivity index (χ1n) is 9.33. The third-order valence-corrected chi connectivity index (χ3v) is 6.16. The molecule has 1 fully saturated rings. The van der Waals surface area contributed by atoms with Gasteiger partial charge in [0.1, 0.15) is 5.82 Å². The highest BCUT2D eigenvalue weighted by molar-refractivity contribution is 5.85. The van der Waals surface area contributed by atoms with Crippen molar-refractivity contribution >= 4 is 12.4 Å². The molecule has 9 heteroatoms. The standard InChI is InChI=1S/C19H24F3N5.ClH/c1-13-3-2-4-14(9-13)18(12-23)6-5-15(10-18)26-7-8-27-16(11-26)24-25-17(27)19(20,21)22;/h2-4,9,15H,5-8,10-12,23H2,1H3;1H. The van der Waals surface area contributed by atoms with Crippen molar-refractivity contribution in [2.75, 3.05) is 13.1 Å². The minimum Gasteiger partial charge on any atom is -0.330 e. The van der Waals surface area contributed by atoms with E-state index in [1.165, 1.54) is 15.7 Å². The molecule has 2 N–H and O–H groups in total. The van der Waals surface area contributed by atoms with Crippen LogP contribution in [0.3, 0.4) is 0 Å². The van der Waals surface area contributed by atoms with Crippen molar-refractivity contribution in [3.05, 3.63) is 47.0 Å². The van der Waals surface area contributed by atoms with E-state index in [0.717, 1.165) is 19.3 Å². The first-order chi connectivity index (χ1) is 12.8. The number of hydrogen-bond donors (Lipinski definition) is 1. The van der Waals surface area contributed by atoms with Crippen molar-refractivity contribution in [2.45, 2.75) is 56.9 Å². The van der Waals surface area contributed by atoms with Gasteiger partial charge >= 0.3 is 6.18 Å². The number of rotatable bonds is 3. The van der Waals surface area contributed by atoms with Gasteiger partial charge in [-0.3, -0.25) is 4.90 Å². The second-order valence-electron chi connectivity index (χ2n) is 7.81. The van der Waals surface area contributed by atoms with Gasteiger partial charge in [0.25, 0.3) is 0 Å². The first kappa shape index (κ1) is 21.1. The second kappa shape index (κ2) is 7.65. The summed E-state index contributed by atoms with van der Waals surface area (Å²) < 4.78 is 40.3. The van der Waals surface area contributed by atoms with E-state index in [-0.39, 0.29) is 24.4 Å².